The van der Waals surface area contributed by atoms with Gasteiger partial charge >= 0.3 is 5.97 Å². The lowest BCUT2D eigenvalue weighted by Gasteiger charge is -1.94. The molecule has 0 radical (unpaired) electrons. The number of nitrogens with one attached hydrogen (secondary N) is 1. The van der Waals surface area contributed by atoms with Crippen molar-refractivity contribution in [2.24, 2.45) is 4.99 Å². The maximum atomic E-state index is 11.5. The summed E-state index contributed by atoms with van der Waals surface area (Å²) in [6.07, 6.45) is 3.61. The van der Waals surface area contributed by atoms with Crippen molar-refractivity contribution in [1.82, 2.24) is 4.98 Å². The summed E-state index contributed by atoms with van der Waals surface area (Å²) >= 11 is 0. The van der Waals surface area contributed by atoms with Crippen LogP contribution < -0.4 is 0 Å². The van der Waals surface area contributed by atoms with Gasteiger partial charge in [-0.3, -0.25) is 0 Å². The number of rotatable bonds is 1. The SMILES string of the molecule is CC1=NC(=Cc2c[nH]c3cc(C)ccc23)C(=O)O1. The molecular formula is C14H12N2O2. The van der Waals surface area contributed by atoms with Crippen LogP contribution >= 0.6 is 0 Å². The molecule has 0 amide bonds. The Morgan fingerprint density at radius 2 is 2.17 bits per heavy atom. The fraction of sp³-hybridized carbons (Fsp3) is 0.143. The van der Waals surface area contributed by atoms with E-state index in [1.165, 1.54) is 5.56 Å². The summed E-state index contributed by atoms with van der Waals surface area (Å²) in [6, 6.07) is 6.14. The number of benzene rings is 1. The Labute approximate surface area is 104 Å². The Morgan fingerprint density at radius 1 is 1.33 bits per heavy atom. The second-order valence-electron chi connectivity index (χ2n) is 4.34. The molecule has 2 aromatic rings. The van der Waals surface area contributed by atoms with Gasteiger partial charge < -0.3 is 9.72 Å². The number of esters is 1. The number of hydrogen-bond donors (Lipinski definition) is 1. The van der Waals surface area contributed by atoms with Crippen LogP contribution in [0.1, 0.15) is 18.1 Å². The van der Waals surface area contributed by atoms with E-state index in [9.17, 15) is 4.79 Å². The van der Waals surface area contributed by atoms with Gasteiger partial charge in [0.05, 0.1) is 0 Å². The van der Waals surface area contributed by atoms with E-state index in [1.54, 1.807) is 13.0 Å². The van der Waals surface area contributed by atoms with Gasteiger partial charge in [0.15, 0.2) is 11.6 Å². The molecule has 0 saturated carbocycles. The average Bonchev–Trinajstić information content (AvgIpc) is 2.84. The number of nitrogens with zero attached hydrogens (tertiary/aromatic N) is 1. The van der Waals surface area contributed by atoms with Crippen molar-refractivity contribution in [2.45, 2.75) is 13.8 Å². The molecule has 4 nitrogen and oxygen atoms in total. The number of carbonyl (C=O) groups excluding carboxylic acids is 1. The minimum atomic E-state index is -0.394. The molecule has 0 unspecified atom stereocenters. The monoisotopic (exact) mass is 240 g/mol. The lowest BCUT2D eigenvalue weighted by molar-refractivity contribution is -0.130. The lowest BCUT2D eigenvalue weighted by atomic mass is 10.1. The number of fused-ring (bicyclic) bond motifs is 1. The molecule has 3 rings (SSSR count). The van der Waals surface area contributed by atoms with Gasteiger partial charge in [-0.2, -0.15) is 0 Å². The van der Waals surface area contributed by atoms with Crippen molar-refractivity contribution in [3.63, 3.8) is 0 Å². The molecule has 0 fully saturated rings. The molecule has 1 aliphatic rings. The van der Waals surface area contributed by atoms with Gasteiger partial charge in [0.1, 0.15) is 0 Å². The molecule has 1 aromatic carbocycles. The minimum absolute atomic E-state index is 0.342. The van der Waals surface area contributed by atoms with Crippen LogP contribution in [0.5, 0.6) is 0 Å². The normalized spacial score (nSPS) is 17.3. The molecule has 18 heavy (non-hydrogen) atoms. The van der Waals surface area contributed by atoms with Crippen LogP contribution in [0.25, 0.3) is 17.0 Å². The van der Waals surface area contributed by atoms with E-state index in [0.717, 1.165) is 16.5 Å². The number of carbonyl (C=O) groups is 1. The molecule has 0 saturated heterocycles. The molecule has 0 aliphatic carbocycles. The molecular weight excluding hydrogens is 228 g/mol. The smallest absolute Gasteiger partial charge is 0.363 e. The van der Waals surface area contributed by atoms with Gasteiger partial charge in [-0.1, -0.05) is 12.1 Å². The maximum Gasteiger partial charge on any atom is 0.363 e. The van der Waals surface area contributed by atoms with Crippen molar-refractivity contribution >= 4 is 28.8 Å². The predicted octanol–water partition coefficient (Wildman–Crippen LogP) is 2.79. The molecule has 2 heterocycles. The summed E-state index contributed by atoms with van der Waals surface area (Å²) in [5.74, 6) is -0.00380. The summed E-state index contributed by atoms with van der Waals surface area (Å²) in [4.78, 5) is 18.7. The Bertz CT molecular complexity index is 708. The van der Waals surface area contributed by atoms with Gasteiger partial charge in [0.2, 0.25) is 0 Å². The number of ether oxygens (including phenoxy) is 1. The third-order valence-electron chi connectivity index (χ3n) is 2.89. The van der Waals surface area contributed by atoms with Crippen LogP contribution in [0, 0.1) is 6.92 Å². The predicted molar refractivity (Wildman–Crippen MR) is 70.2 cm³/mol. The number of cyclic esters (lactones) is 1. The fourth-order valence-electron chi connectivity index (χ4n) is 2.04. The Kier molecular flexibility index (Phi) is 2.30. The fourth-order valence-corrected chi connectivity index (χ4v) is 2.04. The highest BCUT2D eigenvalue weighted by atomic mass is 16.6. The summed E-state index contributed by atoms with van der Waals surface area (Å²) in [7, 11) is 0. The highest BCUT2D eigenvalue weighted by Gasteiger charge is 2.20. The molecule has 0 spiro atoms. The quantitative estimate of drug-likeness (QED) is 0.615. The molecule has 1 aromatic heterocycles. The van der Waals surface area contributed by atoms with Crippen molar-refractivity contribution in [3.05, 3.63) is 41.2 Å². The van der Waals surface area contributed by atoms with E-state index in [1.807, 2.05) is 25.3 Å². The third kappa shape index (κ3) is 1.72. The summed E-state index contributed by atoms with van der Waals surface area (Å²) in [5, 5.41) is 1.07. The lowest BCUT2D eigenvalue weighted by Crippen LogP contribution is -1.99. The molecule has 0 atom stereocenters. The highest BCUT2D eigenvalue weighted by Crippen LogP contribution is 2.23. The van der Waals surface area contributed by atoms with E-state index in [4.69, 9.17) is 4.74 Å². The Hall–Kier alpha value is -2.36. The zero-order valence-electron chi connectivity index (χ0n) is 10.2. The summed E-state index contributed by atoms with van der Waals surface area (Å²) in [5.41, 5.74) is 3.52. The number of aliphatic imine (C=N–C) groups is 1. The highest BCUT2D eigenvalue weighted by molar-refractivity contribution is 6.07. The van der Waals surface area contributed by atoms with Gasteiger partial charge in [0, 0.05) is 29.6 Å². The standard InChI is InChI=1S/C14H12N2O2/c1-8-3-4-11-10(7-15-12(11)5-8)6-13-14(17)18-9(2)16-13/h3-7,15H,1-2H3. The first-order valence-electron chi connectivity index (χ1n) is 5.70. The number of aromatic nitrogens is 1. The zero-order chi connectivity index (χ0) is 12.7. The van der Waals surface area contributed by atoms with Crippen molar-refractivity contribution in [3.8, 4) is 0 Å². The van der Waals surface area contributed by atoms with Crippen molar-refractivity contribution in [2.75, 3.05) is 0 Å². The largest absolute Gasteiger partial charge is 0.407 e. The average molecular weight is 240 g/mol. The van der Waals surface area contributed by atoms with E-state index in [2.05, 4.69) is 16.0 Å². The van der Waals surface area contributed by atoms with Crippen LogP contribution in [0.3, 0.4) is 0 Å². The minimum Gasteiger partial charge on any atom is -0.407 e. The summed E-state index contributed by atoms with van der Waals surface area (Å²) in [6.45, 7) is 3.71. The zero-order valence-corrected chi connectivity index (χ0v) is 10.2. The Balaban J connectivity index is 2.11. The molecule has 0 bridgehead atoms. The second kappa shape index (κ2) is 3.84. The van der Waals surface area contributed by atoms with E-state index >= 15 is 0 Å². The topological polar surface area (TPSA) is 54.5 Å². The van der Waals surface area contributed by atoms with Crippen molar-refractivity contribution < 1.29 is 9.53 Å². The number of hydrogen-bond acceptors (Lipinski definition) is 3. The van der Waals surface area contributed by atoms with Gasteiger partial charge in [-0.05, 0) is 24.6 Å². The van der Waals surface area contributed by atoms with Crippen LogP contribution in [0.4, 0.5) is 0 Å². The first-order valence-corrected chi connectivity index (χ1v) is 5.70. The van der Waals surface area contributed by atoms with Gasteiger partial charge in [-0.25, -0.2) is 9.79 Å². The first kappa shape index (κ1) is 10.8. The van der Waals surface area contributed by atoms with Gasteiger partial charge in [-0.15, -0.1) is 0 Å². The molecule has 4 heteroatoms. The van der Waals surface area contributed by atoms with Crippen LogP contribution in [-0.2, 0) is 9.53 Å². The molecule has 1 aliphatic heterocycles. The first-order chi connectivity index (χ1) is 8.63. The third-order valence-corrected chi connectivity index (χ3v) is 2.89. The summed E-state index contributed by atoms with van der Waals surface area (Å²) < 4.78 is 4.89. The number of aromatic amines is 1. The van der Waals surface area contributed by atoms with E-state index in [0.29, 0.717) is 11.6 Å². The molecule has 90 valence electrons. The van der Waals surface area contributed by atoms with E-state index < -0.39 is 5.97 Å². The van der Waals surface area contributed by atoms with Crippen LogP contribution in [0.2, 0.25) is 0 Å². The second-order valence-corrected chi connectivity index (χ2v) is 4.34. The van der Waals surface area contributed by atoms with Gasteiger partial charge in [0.25, 0.3) is 0 Å². The van der Waals surface area contributed by atoms with Crippen molar-refractivity contribution in [1.29, 1.82) is 0 Å². The maximum absolute atomic E-state index is 11.5. The Morgan fingerprint density at radius 3 is 2.89 bits per heavy atom. The van der Waals surface area contributed by atoms with E-state index in [-0.39, 0.29) is 0 Å². The number of H-pyrrole nitrogens is 1. The number of aryl methyl sites for hydroxylation is 1. The molecule has 1 N–H and O–H groups in total. The van der Waals surface area contributed by atoms with Crippen LogP contribution in [0.15, 0.2) is 35.1 Å². The van der Waals surface area contributed by atoms with Crippen LogP contribution in [-0.4, -0.2) is 16.9 Å².